The Kier molecular flexibility index (Phi) is 9.05. The van der Waals surface area contributed by atoms with Crippen molar-refractivity contribution in [3.63, 3.8) is 0 Å². The lowest BCUT2D eigenvalue weighted by Gasteiger charge is -2.37. The molecule has 2 fully saturated rings. The molecule has 5 nitrogen and oxygen atoms in total. The number of hydrogen-bond donors (Lipinski definition) is 2. The highest BCUT2D eigenvalue weighted by Crippen LogP contribution is 2.20. The predicted molar refractivity (Wildman–Crippen MR) is 105 cm³/mol. The number of halogens is 2. The zero-order valence-corrected chi connectivity index (χ0v) is 16.0. The normalized spacial score (nSPS) is 20.8. The number of aromatic hydroxyl groups is 1. The standard InChI is InChI=1S/C16H23N3O2S.2ClH/c20-15-3-1-14(2-4-15)18-6-8-19(9-7-18)16(21)11-13-12-22-10-5-17-13;;/h1-4,13,17,20H,5-12H2;2*1H. The first kappa shape index (κ1) is 21.2. The van der Waals surface area contributed by atoms with Crippen LogP contribution in [0.15, 0.2) is 24.3 Å². The van der Waals surface area contributed by atoms with Crippen LogP contribution in [0.3, 0.4) is 0 Å². The average molecular weight is 394 g/mol. The molecule has 3 rings (SSSR count). The number of hydrogen-bond acceptors (Lipinski definition) is 5. The zero-order chi connectivity index (χ0) is 15.4. The maximum atomic E-state index is 12.4. The molecule has 2 heterocycles. The van der Waals surface area contributed by atoms with Gasteiger partial charge in [-0.05, 0) is 24.3 Å². The Balaban J connectivity index is 0.00000144. The molecule has 0 bridgehead atoms. The Morgan fingerprint density at radius 3 is 2.42 bits per heavy atom. The maximum Gasteiger partial charge on any atom is 0.224 e. The molecule has 2 aliphatic heterocycles. The van der Waals surface area contributed by atoms with Crippen LogP contribution in [0.1, 0.15) is 6.42 Å². The van der Waals surface area contributed by atoms with Gasteiger partial charge in [-0.25, -0.2) is 0 Å². The number of amides is 1. The number of rotatable bonds is 3. The molecule has 0 spiro atoms. The summed E-state index contributed by atoms with van der Waals surface area (Å²) in [5.41, 5.74) is 1.11. The monoisotopic (exact) mass is 393 g/mol. The van der Waals surface area contributed by atoms with E-state index in [4.69, 9.17) is 0 Å². The number of anilines is 1. The SMILES string of the molecule is Cl.Cl.O=C(CC1CSCCN1)N1CCN(c2ccc(O)cc2)CC1. The minimum atomic E-state index is 0. The first-order valence-electron chi connectivity index (χ1n) is 7.85. The number of thioether (sulfide) groups is 1. The molecule has 1 atom stereocenters. The molecule has 2 N–H and O–H groups in total. The molecule has 24 heavy (non-hydrogen) atoms. The van der Waals surface area contributed by atoms with Gasteiger partial charge in [0.15, 0.2) is 0 Å². The molecule has 0 saturated carbocycles. The molecule has 8 heteroatoms. The number of phenolic OH excluding ortho intramolecular Hbond substituents is 1. The molecule has 1 unspecified atom stereocenters. The lowest BCUT2D eigenvalue weighted by molar-refractivity contribution is -0.131. The Bertz CT molecular complexity index is 505. The third-order valence-electron chi connectivity index (χ3n) is 4.27. The summed E-state index contributed by atoms with van der Waals surface area (Å²) in [5, 5.41) is 12.8. The quantitative estimate of drug-likeness (QED) is 0.821. The van der Waals surface area contributed by atoms with E-state index in [1.54, 1.807) is 12.1 Å². The molecule has 0 radical (unpaired) electrons. The molecular formula is C16H25Cl2N3O2S. The van der Waals surface area contributed by atoms with E-state index in [0.29, 0.717) is 12.5 Å². The first-order valence-corrected chi connectivity index (χ1v) is 9.01. The first-order chi connectivity index (χ1) is 10.7. The molecule has 1 aromatic carbocycles. The van der Waals surface area contributed by atoms with Crippen molar-refractivity contribution in [2.75, 3.05) is 49.1 Å². The van der Waals surface area contributed by atoms with Gasteiger partial charge in [0.1, 0.15) is 5.75 Å². The van der Waals surface area contributed by atoms with E-state index in [-0.39, 0.29) is 36.5 Å². The molecule has 136 valence electrons. The van der Waals surface area contributed by atoms with E-state index >= 15 is 0 Å². The third kappa shape index (κ3) is 5.62. The van der Waals surface area contributed by atoms with Crippen molar-refractivity contribution < 1.29 is 9.90 Å². The van der Waals surface area contributed by atoms with Gasteiger partial charge >= 0.3 is 0 Å². The van der Waals surface area contributed by atoms with Crippen LogP contribution in [0.25, 0.3) is 0 Å². The van der Waals surface area contributed by atoms with Crippen LogP contribution < -0.4 is 10.2 Å². The summed E-state index contributed by atoms with van der Waals surface area (Å²) in [4.78, 5) is 16.6. The van der Waals surface area contributed by atoms with Crippen LogP contribution in [0.5, 0.6) is 5.75 Å². The lowest BCUT2D eigenvalue weighted by Crippen LogP contribution is -2.50. The van der Waals surface area contributed by atoms with Crippen molar-refractivity contribution in [3.05, 3.63) is 24.3 Å². The van der Waals surface area contributed by atoms with Crippen LogP contribution in [-0.4, -0.2) is 66.2 Å². The molecule has 1 aromatic rings. The molecule has 2 saturated heterocycles. The number of nitrogens with zero attached hydrogens (tertiary/aromatic N) is 2. The van der Waals surface area contributed by atoms with E-state index in [0.717, 1.165) is 49.9 Å². The predicted octanol–water partition coefficient (Wildman–Crippen LogP) is 1.98. The summed E-state index contributed by atoms with van der Waals surface area (Å²) >= 11 is 1.93. The topological polar surface area (TPSA) is 55.8 Å². The second kappa shape index (κ2) is 10.2. The second-order valence-electron chi connectivity index (χ2n) is 5.81. The smallest absolute Gasteiger partial charge is 0.224 e. The minimum absolute atomic E-state index is 0. The Morgan fingerprint density at radius 2 is 1.83 bits per heavy atom. The van der Waals surface area contributed by atoms with E-state index in [2.05, 4.69) is 10.2 Å². The van der Waals surface area contributed by atoms with Crippen molar-refractivity contribution in [1.29, 1.82) is 0 Å². The van der Waals surface area contributed by atoms with E-state index in [1.807, 2.05) is 28.8 Å². The summed E-state index contributed by atoms with van der Waals surface area (Å²) in [7, 11) is 0. The fourth-order valence-electron chi connectivity index (χ4n) is 2.97. The number of carbonyl (C=O) groups excluding carboxylic acids is 1. The largest absolute Gasteiger partial charge is 0.508 e. The van der Waals surface area contributed by atoms with Gasteiger partial charge in [-0.1, -0.05) is 0 Å². The van der Waals surface area contributed by atoms with Crippen LogP contribution in [-0.2, 0) is 4.79 Å². The van der Waals surface area contributed by atoms with Crippen molar-refractivity contribution in [3.8, 4) is 5.75 Å². The molecule has 0 aliphatic carbocycles. The number of phenols is 1. The summed E-state index contributed by atoms with van der Waals surface area (Å²) in [6.07, 6.45) is 0.617. The van der Waals surface area contributed by atoms with Crippen molar-refractivity contribution in [2.45, 2.75) is 12.5 Å². The van der Waals surface area contributed by atoms with Gasteiger partial charge in [0, 0.05) is 62.4 Å². The van der Waals surface area contributed by atoms with Crippen LogP contribution in [0.2, 0.25) is 0 Å². The van der Waals surface area contributed by atoms with Gasteiger partial charge in [-0.2, -0.15) is 11.8 Å². The van der Waals surface area contributed by atoms with Gasteiger partial charge in [-0.3, -0.25) is 4.79 Å². The van der Waals surface area contributed by atoms with Crippen molar-refractivity contribution >= 4 is 48.2 Å². The second-order valence-corrected chi connectivity index (χ2v) is 6.96. The summed E-state index contributed by atoms with van der Waals surface area (Å²) in [6.45, 7) is 4.27. The highest BCUT2D eigenvalue weighted by molar-refractivity contribution is 7.99. The zero-order valence-electron chi connectivity index (χ0n) is 13.5. The summed E-state index contributed by atoms with van der Waals surface area (Å²) in [6, 6.07) is 7.60. The van der Waals surface area contributed by atoms with E-state index in [9.17, 15) is 9.90 Å². The minimum Gasteiger partial charge on any atom is -0.508 e. The number of piperazine rings is 1. The van der Waals surface area contributed by atoms with Gasteiger partial charge in [-0.15, -0.1) is 24.8 Å². The Morgan fingerprint density at radius 1 is 1.17 bits per heavy atom. The summed E-state index contributed by atoms with van der Waals surface area (Å²) < 4.78 is 0. The fraction of sp³-hybridized carbons (Fsp3) is 0.562. The van der Waals surface area contributed by atoms with Crippen molar-refractivity contribution in [2.24, 2.45) is 0 Å². The van der Waals surface area contributed by atoms with Crippen LogP contribution >= 0.6 is 36.6 Å². The van der Waals surface area contributed by atoms with Gasteiger partial charge in [0.25, 0.3) is 0 Å². The molecule has 0 aromatic heterocycles. The third-order valence-corrected chi connectivity index (χ3v) is 5.40. The lowest BCUT2D eigenvalue weighted by atomic mass is 10.2. The van der Waals surface area contributed by atoms with Gasteiger partial charge < -0.3 is 20.2 Å². The average Bonchev–Trinajstić information content (AvgIpc) is 2.57. The number of nitrogens with one attached hydrogen (secondary N) is 1. The van der Waals surface area contributed by atoms with Crippen LogP contribution in [0, 0.1) is 0 Å². The molecule has 1 amide bonds. The number of benzene rings is 1. The Hall–Kier alpha value is -0.820. The number of carbonyl (C=O) groups is 1. The maximum absolute atomic E-state index is 12.4. The Labute approximate surface area is 160 Å². The van der Waals surface area contributed by atoms with E-state index in [1.165, 1.54) is 0 Å². The van der Waals surface area contributed by atoms with Gasteiger partial charge in [0.2, 0.25) is 5.91 Å². The summed E-state index contributed by atoms with van der Waals surface area (Å²) in [5.74, 6) is 2.75. The highest BCUT2D eigenvalue weighted by Gasteiger charge is 2.24. The molecule has 2 aliphatic rings. The van der Waals surface area contributed by atoms with E-state index < -0.39 is 0 Å². The van der Waals surface area contributed by atoms with Crippen molar-refractivity contribution in [1.82, 2.24) is 10.2 Å². The highest BCUT2D eigenvalue weighted by atomic mass is 35.5. The molecular weight excluding hydrogens is 369 g/mol. The van der Waals surface area contributed by atoms with Crippen LogP contribution in [0.4, 0.5) is 5.69 Å². The van der Waals surface area contributed by atoms with Gasteiger partial charge in [0.05, 0.1) is 0 Å². The fourth-order valence-corrected chi connectivity index (χ4v) is 3.92.